The number of benzene rings is 1. The van der Waals surface area contributed by atoms with Crippen LogP contribution in [0, 0.1) is 20.8 Å². The van der Waals surface area contributed by atoms with Crippen molar-refractivity contribution in [2.45, 2.75) is 118 Å². The van der Waals surface area contributed by atoms with E-state index in [1.54, 1.807) is 20.8 Å². The number of rotatable bonds is 15. The fourth-order valence-corrected chi connectivity index (χ4v) is 3.78. The van der Waals surface area contributed by atoms with Crippen LogP contribution in [-0.4, -0.2) is 16.1 Å². The molecular formula is C25H43NO3. The summed E-state index contributed by atoms with van der Waals surface area (Å²) in [6.45, 7) is 7.47. The van der Waals surface area contributed by atoms with E-state index in [2.05, 4.69) is 12.2 Å². The van der Waals surface area contributed by atoms with Gasteiger partial charge in [0.15, 0.2) is 0 Å². The van der Waals surface area contributed by atoms with Crippen molar-refractivity contribution < 1.29 is 15.0 Å². The average molecular weight is 406 g/mol. The minimum atomic E-state index is -0.103. The van der Waals surface area contributed by atoms with Crippen molar-refractivity contribution in [2.75, 3.05) is 5.32 Å². The molecule has 0 heterocycles. The molecule has 0 aliphatic rings. The van der Waals surface area contributed by atoms with Crippen LogP contribution < -0.4 is 5.32 Å². The van der Waals surface area contributed by atoms with Crippen molar-refractivity contribution in [1.82, 2.24) is 0 Å². The highest BCUT2D eigenvalue weighted by atomic mass is 16.3. The van der Waals surface area contributed by atoms with E-state index in [-0.39, 0.29) is 17.4 Å². The van der Waals surface area contributed by atoms with Crippen molar-refractivity contribution in [3.63, 3.8) is 0 Å². The lowest BCUT2D eigenvalue weighted by molar-refractivity contribution is -0.116. The quantitative estimate of drug-likeness (QED) is 0.161. The Morgan fingerprint density at radius 2 is 1.07 bits per heavy atom. The second-order valence-electron chi connectivity index (χ2n) is 8.49. The van der Waals surface area contributed by atoms with Crippen molar-refractivity contribution in [2.24, 2.45) is 0 Å². The molecule has 0 aromatic heterocycles. The predicted octanol–water partition coefficient (Wildman–Crippen LogP) is 7.44. The number of carbonyl (C=O) groups excluding carboxylic acids is 1. The van der Waals surface area contributed by atoms with Crippen LogP contribution in [0.3, 0.4) is 0 Å². The summed E-state index contributed by atoms with van der Waals surface area (Å²) in [4.78, 5) is 12.2. The van der Waals surface area contributed by atoms with Crippen LogP contribution >= 0.6 is 0 Å². The van der Waals surface area contributed by atoms with Gasteiger partial charge < -0.3 is 15.5 Å². The first-order chi connectivity index (χ1) is 13.9. The van der Waals surface area contributed by atoms with Gasteiger partial charge in [0.25, 0.3) is 0 Å². The second-order valence-corrected chi connectivity index (χ2v) is 8.49. The molecule has 0 radical (unpaired) electrons. The highest BCUT2D eigenvalue weighted by Crippen LogP contribution is 2.40. The molecule has 0 spiro atoms. The molecule has 0 fully saturated rings. The first kappa shape index (κ1) is 25.3. The van der Waals surface area contributed by atoms with Gasteiger partial charge in [0, 0.05) is 12.0 Å². The van der Waals surface area contributed by atoms with Gasteiger partial charge in [-0.25, -0.2) is 0 Å². The van der Waals surface area contributed by atoms with E-state index in [1.807, 2.05) is 0 Å². The van der Waals surface area contributed by atoms with Crippen molar-refractivity contribution >= 4 is 11.6 Å². The van der Waals surface area contributed by atoms with Crippen molar-refractivity contribution in [3.05, 3.63) is 16.7 Å². The fourth-order valence-electron chi connectivity index (χ4n) is 3.78. The Morgan fingerprint density at radius 3 is 1.55 bits per heavy atom. The minimum absolute atomic E-state index is 0.0523. The molecule has 4 heteroatoms. The Morgan fingerprint density at radius 1 is 0.655 bits per heavy atom. The van der Waals surface area contributed by atoms with Gasteiger partial charge in [-0.3, -0.25) is 4.79 Å². The van der Waals surface area contributed by atoms with Crippen molar-refractivity contribution in [1.29, 1.82) is 0 Å². The molecule has 0 bridgehead atoms. The molecule has 0 unspecified atom stereocenters. The van der Waals surface area contributed by atoms with Gasteiger partial charge in [0.05, 0.1) is 5.69 Å². The zero-order valence-electron chi connectivity index (χ0n) is 19.2. The SMILES string of the molecule is CCCCCCCCCCCCCCCC(=O)Nc1c(C)c(O)c(C)c(C)c1O. The summed E-state index contributed by atoms with van der Waals surface area (Å²) in [5.41, 5.74) is 2.11. The van der Waals surface area contributed by atoms with Crippen LogP contribution in [0.1, 0.15) is 114 Å². The topological polar surface area (TPSA) is 69.6 Å². The number of hydrogen-bond donors (Lipinski definition) is 3. The molecule has 1 amide bonds. The maximum Gasteiger partial charge on any atom is 0.224 e. The summed E-state index contributed by atoms with van der Waals surface area (Å²) in [5, 5.41) is 23.2. The van der Waals surface area contributed by atoms with E-state index in [0.29, 0.717) is 28.8 Å². The Kier molecular flexibility index (Phi) is 12.5. The summed E-state index contributed by atoms with van der Waals surface area (Å²) in [5.74, 6) is 0.0854. The molecule has 0 atom stereocenters. The van der Waals surface area contributed by atoms with Gasteiger partial charge in [-0.1, -0.05) is 84.0 Å². The number of aromatic hydroxyl groups is 2. The third kappa shape index (κ3) is 9.10. The van der Waals surface area contributed by atoms with Gasteiger partial charge in [0.1, 0.15) is 11.5 Å². The normalized spacial score (nSPS) is 11.0. The molecule has 0 saturated heterocycles. The van der Waals surface area contributed by atoms with Crippen LogP contribution in [0.25, 0.3) is 0 Å². The largest absolute Gasteiger partial charge is 0.507 e. The van der Waals surface area contributed by atoms with E-state index in [9.17, 15) is 15.0 Å². The van der Waals surface area contributed by atoms with E-state index in [1.165, 1.54) is 70.6 Å². The third-order valence-corrected chi connectivity index (χ3v) is 6.01. The lowest BCUT2D eigenvalue weighted by atomic mass is 10.0. The van der Waals surface area contributed by atoms with E-state index in [0.717, 1.165) is 12.8 Å². The summed E-state index contributed by atoms with van der Waals surface area (Å²) in [6, 6.07) is 0. The Hall–Kier alpha value is -1.71. The zero-order chi connectivity index (χ0) is 21.6. The standard InChI is InChI=1S/C25H43NO3/c1-5-6-7-8-9-10-11-12-13-14-15-16-17-18-22(27)26-23-21(4)24(28)19(2)20(3)25(23)29/h28-29H,5-18H2,1-4H3,(H,26,27). The molecule has 3 N–H and O–H groups in total. The fraction of sp³-hybridized carbons (Fsp3) is 0.720. The van der Waals surface area contributed by atoms with Crippen LogP contribution in [0.4, 0.5) is 5.69 Å². The van der Waals surface area contributed by atoms with E-state index in [4.69, 9.17) is 0 Å². The minimum Gasteiger partial charge on any atom is -0.507 e. The van der Waals surface area contributed by atoms with E-state index < -0.39 is 0 Å². The molecule has 1 aromatic carbocycles. The summed E-state index contributed by atoms with van der Waals surface area (Å²) < 4.78 is 0. The lowest BCUT2D eigenvalue weighted by Gasteiger charge is -2.16. The lowest BCUT2D eigenvalue weighted by Crippen LogP contribution is -2.13. The van der Waals surface area contributed by atoms with E-state index >= 15 is 0 Å². The van der Waals surface area contributed by atoms with Gasteiger partial charge in [-0.2, -0.15) is 0 Å². The zero-order valence-corrected chi connectivity index (χ0v) is 19.2. The van der Waals surface area contributed by atoms with Crippen LogP contribution in [0.5, 0.6) is 11.5 Å². The highest BCUT2D eigenvalue weighted by molar-refractivity contribution is 5.94. The number of carbonyl (C=O) groups is 1. The molecule has 29 heavy (non-hydrogen) atoms. The maximum atomic E-state index is 12.2. The monoisotopic (exact) mass is 405 g/mol. The number of amides is 1. The molecule has 4 nitrogen and oxygen atoms in total. The molecule has 166 valence electrons. The second kappa shape index (κ2) is 14.3. The van der Waals surface area contributed by atoms with Crippen molar-refractivity contribution in [3.8, 4) is 11.5 Å². The van der Waals surface area contributed by atoms with Crippen LogP contribution in [-0.2, 0) is 4.79 Å². The maximum absolute atomic E-state index is 12.2. The Bertz CT molecular complexity index is 596. The molecule has 0 saturated carbocycles. The smallest absolute Gasteiger partial charge is 0.224 e. The average Bonchev–Trinajstić information content (AvgIpc) is 2.71. The van der Waals surface area contributed by atoms with Crippen LogP contribution in [0.15, 0.2) is 0 Å². The number of phenols is 2. The Labute approximate surface area is 178 Å². The Balaban J connectivity index is 2.13. The first-order valence-corrected chi connectivity index (χ1v) is 11.7. The van der Waals surface area contributed by atoms with Crippen LogP contribution in [0.2, 0.25) is 0 Å². The number of hydrogen-bond acceptors (Lipinski definition) is 3. The number of anilines is 1. The number of unbranched alkanes of at least 4 members (excludes halogenated alkanes) is 12. The van der Waals surface area contributed by atoms with Gasteiger partial charge >= 0.3 is 0 Å². The first-order valence-electron chi connectivity index (χ1n) is 11.7. The molecule has 1 rings (SSSR count). The van der Waals surface area contributed by atoms with Gasteiger partial charge in [-0.05, 0) is 38.3 Å². The number of nitrogens with one attached hydrogen (secondary N) is 1. The summed E-state index contributed by atoms with van der Waals surface area (Å²) in [7, 11) is 0. The molecule has 0 aliphatic heterocycles. The third-order valence-electron chi connectivity index (χ3n) is 6.01. The predicted molar refractivity (Wildman–Crippen MR) is 123 cm³/mol. The molecule has 0 aliphatic carbocycles. The molecular weight excluding hydrogens is 362 g/mol. The van der Waals surface area contributed by atoms with Gasteiger partial charge in [0.2, 0.25) is 5.91 Å². The summed E-state index contributed by atoms with van der Waals surface area (Å²) in [6.07, 6.45) is 17.1. The molecule has 1 aromatic rings. The number of phenolic OH excluding ortho intramolecular Hbond substituents is 2. The summed E-state index contributed by atoms with van der Waals surface area (Å²) >= 11 is 0. The highest BCUT2D eigenvalue weighted by Gasteiger charge is 2.18. The van der Waals surface area contributed by atoms with Gasteiger partial charge in [-0.15, -0.1) is 0 Å².